The average molecular weight is 533 g/mol. The molecule has 2 heterocycles. The number of carbonyl (C=O) groups excluding carboxylic acids is 4. The first kappa shape index (κ1) is 27.9. The monoisotopic (exact) mass is 532 g/mol. The van der Waals surface area contributed by atoms with Gasteiger partial charge in [0.15, 0.2) is 12.1 Å². The van der Waals surface area contributed by atoms with Crippen LogP contribution in [0.25, 0.3) is 0 Å². The van der Waals surface area contributed by atoms with E-state index in [1.54, 1.807) is 32.9 Å². The Morgan fingerprint density at radius 2 is 1.84 bits per heavy atom. The van der Waals surface area contributed by atoms with Gasteiger partial charge in [-0.25, -0.2) is 4.79 Å². The first-order valence-corrected chi connectivity index (χ1v) is 12.2. The van der Waals surface area contributed by atoms with Crippen molar-refractivity contribution < 1.29 is 33.4 Å². The van der Waals surface area contributed by atoms with Crippen LogP contribution in [0.2, 0.25) is 5.02 Å². The maximum Gasteiger partial charge on any atom is 0.332 e. The zero-order valence-electron chi connectivity index (χ0n) is 20.9. The zero-order valence-corrected chi connectivity index (χ0v) is 21.7. The highest BCUT2D eigenvalue weighted by Crippen LogP contribution is 2.24. The third kappa shape index (κ3) is 6.97. The van der Waals surface area contributed by atoms with E-state index in [9.17, 15) is 24.0 Å². The Balaban J connectivity index is 1.88. The van der Waals surface area contributed by atoms with Gasteiger partial charge in [-0.2, -0.15) is 0 Å². The maximum absolute atomic E-state index is 13.2. The van der Waals surface area contributed by atoms with Crippen molar-refractivity contribution in [3.8, 4) is 0 Å². The molecular formula is C26H29ClN2O8. The van der Waals surface area contributed by atoms with Crippen LogP contribution in [0.4, 0.5) is 0 Å². The summed E-state index contributed by atoms with van der Waals surface area (Å²) < 4.78 is 16.6. The summed E-state index contributed by atoms with van der Waals surface area (Å²) in [7, 11) is 0. The molecule has 37 heavy (non-hydrogen) atoms. The van der Waals surface area contributed by atoms with Crippen LogP contribution in [0.5, 0.6) is 0 Å². The number of halogens is 1. The van der Waals surface area contributed by atoms with E-state index in [0.717, 1.165) is 5.56 Å². The standard InChI is InChI=1S/C26H29ClN2O8/c1-13(2)24(32)37-21-15(4)36-26(34)20(29-23(31)18-11-19(27)14(3)28-22(18)30)12-35-25(33)17(21)10-16-8-6-5-7-9-16/h5-9,11,13,15,17,20-21H,10,12H2,1-4H3,(H,28,30)(H,29,31)/t15-,17+,20?,21?/m0/s1. The highest BCUT2D eigenvalue weighted by molar-refractivity contribution is 6.31. The van der Waals surface area contributed by atoms with Crippen molar-refractivity contribution in [2.45, 2.75) is 52.4 Å². The van der Waals surface area contributed by atoms with E-state index < -0.39 is 66.1 Å². The molecule has 1 amide bonds. The Hall–Kier alpha value is -3.66. The van der Waals surface area contributed by atoms with Crippen molar-refractivity contribution in [2.75, 3.05) is 6.61 Å². The van der Waals surface area contributed by atoms with E-state index in [0.29, 0.717) is 5.69 Å². The molecule has 1 aromatic carbocycles. The summed E-state index contributed by atoms with van der Waals surface area (Å²) in [6.45, 7) is 5.79. The van der Waals surface area contributed by atoms with Gasteiger partial charge in [0, 0.05) is 5.69 Å². The number of pyridine rings is 1. The van der Waals surface area contributed by atoms with Crippen LogP contribution in [0, 0.1) is 18.8 Å². The molecular weight excluding hydrogens is 504 g/mol. The lowest BCUT2D eigenvalue weighted by molar-refractivity contribution is -0.176. The summed E-state index contributed by atoms with van der Waals surface area (Å²) in [4.78, 5) is 66.1. The van der Waals surface area contributed by atoms with Gasteiger partial charge in [-0.15, -0.1) is 0 Å². The van der Waals surface area contributed by atoms with E-state index in [1.165, 1.54) is 13.0 Å². The van der Waals surface area contributed by atoms with E-state index in [-0.39, 0.29) is 17.0 Å². The largest absolute Gasteiger partial charge is 0.463 e. The number of H-pyrrole nitrogens is 1. The quantitative estimate of drug-likeness (QED) is 0.426. The SMILES string of the molecule is Cc1[nH]c(=O)c(C(=O)NC2COC(=O)[C@H](Cc3ccccc3)C(OC(=O)C(C)C)[C@H](C)OC2=O)cc1Cl. The van der Waals surface area contributed by atoms with Crippen LogP contribution in [0.15, 0.2) is 41.2 Å². The second-order valence-corrected chi connectivity index (χ2v) is 9.54. The number of esters is 3. The molecule has 4 atom stereocenters. The Morgan fingerprint density at radius 1 is 1.16 bits per heavy atom. The highest BCUT2D eigenvalue weighted by atomic mass is 35.5. The number of amides is 1. The van der Waals surface area contributed by atoms with Crippen LogP contribution in [0.3, 0.4) is 0 Å². The number of rotatable bonds is 6. The van der Waals surface area contributed by atoms with Crippen LogP contribution in [-0.4, -0.2) is 53.7 Å². The van der Waals surface area contributed by atoms with E-state index in [4.69, 9.17) is 25.8 Å². The number of carbonyl (C=O) groups is 4. The Morgan fingerprint density at radius 3 is 2.49 bits per heavy atom. The second kappa shape index (κ2) is 12.1. The molecule has 0 radical (unpaired) electrons. The van der Waals surface area contributed by atoms with Gasteiger partial charge < -0.3 is 24.5 Å². The van der Waals surface area contributed by atoms with Gasteiger partial charge in [0.2, 0.25) is 0 Å². The molecule has 0 saturated carbocycles. The van der Waals surface area contributed by atoms with Crippen molar-refractivity contribution >= 4 is 35.4 Å². The minimum absolute atomic E-state index is 0.153. The van der Waals surface area contributed by atoms with Crippen LogP contribution < -0.4 is 10.9 Å². The summed E-state index contributed by atoms with van der Waals surface area (Å²) in [6.07, 6.45) is -2.03. The van der Waals surface area contributed by atoms with E-state index in [2.05, 4.69) is 10.3 Å². The number of hydrogen-bond donors (Lipinski definition) is 2. The number of nitrogens with one attached hydrogen (secondary N) is 2. The van der Waals surface area contributed by atoms with E-state index >= 15 is 0 Å². The first-order valence-electron chi connectivity index (χ1n) is 11.8. The number of ether oxygens (including phenoxy) is 3. The topological polar surface area (TPSA) is 141 Å². The highest BCUT2D eigenvalue weighted by Gasteiger charge is 2.42. The molecule has 0 bridgehead atoms. The van der Waals surface area contributed by atoms with Gasteiger partial charge in [-0.3, -0.25) is 19.2 Å². The predicted octanol–water partition coefficient (Wildman–Crippen LogP) is 2.35. The molecule has 1 aliphatic heterocycles. The van der Waals surface area contributed by atoms with Gasteiger partial charge in [0.05, 0.1) is 10.9 Å². The molecule has 0 spiro atoms. The molecule has 2 unspecified atom stereocenters. The smallest absolute Gasteiger partial charge is 0.332 e. The molecule has 2 N–H and O–H groups in total. The number of hydrogen-bond acceptors (Lipinski definition) is 8. The number of benzene rings is 1. The van der Waals surface area contributed by atoms with Gasteiger partial charge >= 0.3 is 17.9 Å². The van der Waals surface area contributed by atoms with Crippen LogP contribution in [0.1, 0.15) is 42.4 Å². The molecule has 11 heteroatoms. The van der Waals surface area contributed by atoms with Gasteiger partial charge in [0.1, 0.15) is 24.2 Å². The van der Waals surface area contributed by atoms with Crippen molar-refractivity contribution in [1.82, 2.24) is 10.3 Å². The second-order valence-electron chi connectivity index (χ2n) is 9.14. The average Bonchev–Trinajstić information content (AvgIpc) is 2.88. The molecule has 1 saturated heterocycles. The molecule has 1 aliphatic rings. The fourth-order valence-electron chi connectivity index (χ4n) is 3.75. The Bertz CT molecular complexity index is 1230. The van der Waals surface area contributed by atoms with Gasteiger partial charge in [-0.05, 0) is 31.9 Å². The zero-order chi connectivity index (χ0) is 27.3. The van der Waals surface area contributed by atoms with Crippen molar-refractivity contribution in [2.24, 2.45) is 11.8 Å². The molecule has 3 rings (SSSR count). The summed E-state index contributed by atoms with van der Waals surface area (Å²) in [5.41, 5.74) is 0.130. The minimum Gasteiger partial charge on any atom is -0.463 e. The molecule has 10 nitrogen and oxygen atoms in total. The normalized spacial score (nSPS) is 22.2. The number of aromatic nitrogens is 1. The fraction of sp³-hybridized carbons (Fsp3) is 0.423. The lowest BCUT2D eigenvalue weighted by Gasteiger charge is -2.29. The summed E-state index contributed by atoms with van der Waals surface area (Å²) in [5.74, 6) is -4.60. The fourth-order valence-corrected chi connectivity index (χ4v) is 3.91. The lowest BCUT2D eigenvalue weighted by Crippen LogP contribution is -2.47. The molecule has 1 fully saturated rings. The maximum atomic E-state index is 13.2. The number of aryl methyl sites for hydroxylation is 1. The van der Waals surface area contributed by atoms with Crippen molar-refractivity contribution in [3.63, 3.8) is 0 Å². The summed E-state index contributed by atoms with van der Waals surface area (Å²) in [5, 5.41) is 2.52. The van der Waals surface area contributed by atoms with Crippen LogP contribution in [-0.2, 0) is 35.0 Å². The molecule has 2 aromatic rings. The minimum atomic E-state index is -1.42. The van der Waals surface area contributed by atoms with Gasteiger partial charge in [0.25, 0.3) is 11.5 Å². The Labute approximate surface area is 218 Å². The van der Waals surface area contributed by atoms with E-state index in [1.807, 2.05) is 18.2 Å². The van der Waals surface area contributed by atoms with Crippen molar-refractivity contribution in [1.29, 1.82) is 0 Å². The third-order valence-corrected chi connectivity index (χ3v) is 6.28. The predicted molar refractivity (Wildman–Crippen MR) is 133 cm³/mol. The van der Waals surface area contributed by atoms with Gasteiger partial charge in [-0.1, -0.05) is 55.8 Å². The third-order valence-electron chi connectivity index (χ3n) is 5.89. The molecule has 0 aliphatic carbocycles. The number of cyclic esters (lactones) is 2. The first-order chi connectivity index (χ1) is 17.5. The lowest BCUT2D eigenvalue weighted by atomic mass is 9.91. The summed E-state index contributed by atoms with van der Waals surface area (Å²) in [6, 6.07) is 8.81. The number of aromatic amines is 1. The van der Waals surface area contributed by atoms with Crippen LogP contribution >= 0.6 is 11.6 Å². The van der Waals surface area contributed by atoms with Crippen molar-refractivity contribution in [3.05, 3.63) is 68.6 Å². The summed E-state index contributed by atoms with van der Waals surface area (Å²) >= 11 is 6.02. The Kier molecular flexibility index (Phi) is 9.09. The molecule has 198 valence electrons. The molecule has 1 aromatic heterocycles.